The maximum atomic E-state index is 11.4. The third kappa shape index (κ3) is 3.37. The molecule has 1 aromatic rings. The van der Waals surface area contributed by atoms with E-state index in [1.807, 2.05) is 0 Å². The fraction of sp³-hybridized carbons (Fsp3) is 0.333. The van der Waals surface area contributed by atoms with Crippen LogP contribution in [0.4, 0.5) is 0 Å². The van der Waals surface area contributed by atoms with Crippen LogP contribution in [0.5, 0.6) is 11.5 Å². The third-order valence-electron chi connectivity index (χ3n) is 2.55. The van der Waals surface area contributed by atoms with Gasteiger partial charge in [-0.1, -0.05) is 15.9 Å². The minimum absolute atomic E-state index is 0.194. The molecule has 0 aliphatic carbocycles. The van der Waals surface area contributed by atoms with Gasteiger partial charge in [-0.2, -0.15) is 0 Å². The number of methoxy groups -OCH3 is 1. The highest BCUT2D eigenvalue weighted by molar-refractivity contribution is 9.10. The van der Waals surface area contributed by atoms with Crippen LogP contribution < -0.4 is 14.8 Å². The number of fused-ring (bicyclic) bond motifs is 1. The molecule has 1 aromatic carbocycles. The van der Waals surface area contributed by atoms with E-state index < -0.39 is 11.9 Å². The Morgan fingerprint density at radius 2 is 2.05 bits per heavy atom. The van der Waals surface area contributed by atoms with E-state index in [9.17, 15) is 9.59 Å². The van der Waals surface area contributed by atoms with Crippen molar-refractivity contribution in [1.29, 1.82) is 0 Å². The predicted octanol–water partition coefficient (Wildman–Crippen LogP) is 1.36. The molecule has 0 spiro atoms. The lowest BCUT2D eigenvalue weighted by molar-refractivity contribution is -0.143. The molecule has 1 aliphatic rings. The van der Waals surface area contributed by atoms with E-state index in [1.54, 1.807) is 12.1 Å². The summed E-state index contributed by atoms with van der Waals surface area (Å²) in [5.74, 6) is 0.343. The summed E-state index contributed by atoms with van der Waals surface area (Å²) in [6.07, 6.45) is -0.293. The Morgan fingerprint density at radius 3 is 2.74 bits per heavy atom. The van der Waals surface area contributed by atoms with Crippen molar-refractivity contribution in [2.24, 2.45) is 0 Å². The number of halogens is 1. The van der Waals surface area contributed by atoms with Gasteiger partial charge in [0.2, 0.25) is 12.7 Å². The molecule has 0 atom stereocenters. The molecule has 6 nitrogen and oxygen atoms in total. The fourth-order valence-electron chi connectivity index (χ4n) is 1.55. The lowest BCUT2D eigenvalue weighted by Crippen LogP contribution is -2.25. The van der Waals surface area contributed by atoms with Crippen LogP contribution in [-0.2, 0) is 20.9 Å². The predicted molar refractivity (Wildman–Crippen MR) is 68.7 cm³/mol. The molecule has 1 amide bonds. The highest BCUT2D eigenvalue weighted by Crippen LogP contribution is 2.36. The molecule has 1 aliphatic heterocycles. The second-order valence-corrected chi connectivity index (χ2v) is 4.68. The first-order chi connectivity index (χ1) is 9.10. The number of rotatable bonds is 4. The van der Waals surface area contributed by atoms with Gasteiger partial charge in [0.05, 0.1) is 7.11 Å². The topological polar surface area (TPSA) is 73.9 Å². The van der Waals surface area contributed by atoms with E-state index in [0.717, 1.165) is 10.0 Å². The maximum absolute atomic E-state index is 11.4. The molecule has 102 valence electrons. The van der Waals surface area contributed by atoms with E-state index in [1.165, 1.54) is 7.11 Å². The molecule has 0 saturated heterocycles. The minimum atomic E-state index is -0.567. The molecule has 0 fully saturated rings. The lowest BCUT2D eigenvalue weighted by Gasteiger charge is -2.08. The van der Waals surface area contributed by atoms with Crippen molar-refractivity contribution in [3.8, 4) is 11.5 Å². The first kappa shape index (κ1) is 13.7. The maximum Gasteiger partial charge on any atom is 0.315 e. The Morgan fingerprint density at radius 1 is 1.37 bits per heavy atom. The van der Waals surface area contributed by atoms with Crippen molar-refractivity contribution in [1.82, 2.24) is 5.32 Å². The van der Waals surface area contributed by atoms with Crippen molar-refractivity contribution in [2.45, 2.75) is 13.0 Å². The standard InChI is InChI=1S/C12H12BrNO5/c1-17-12(16)4-11(15)14-5-7-2-9-10(3-8(7)13)19-6-18-9/h2-3H,4-6H2,1H3,(H,14,15). The van der Waals surface area contributed by atoms with E-state index >= 15 is 0 Å². The van der Waals surface area contributed by atoms with Crippen LogP contribution in [0, 0.1) is 0 Å². The van der Waals surface area contributed by atoms with Gasteiger partial charge in [0.15, 0.2) is 11.5 Å². The van der Waals surface area contributed by atoms with Crippen LogP contribution in [0.3, 0.4) is 0 Å². The summed E-state index contributed by atoms with van der Waals surface area (Å²) in [6.45, 7) is 0.479. The van der Waals surface area contributed by atoms with Crippen LogP contribution in [0.2, 0.25) is 0 Å². The molecule has 2 rings (SSSR count). The lowest BCUT2D eigenvalue weighted by atomic mass is 10.2. The van der Waals surface area contributed by atoms with Crippen LogP contribution in [0.25, 0.3) is 0 Å². The number of benzene rings is 1. The van der Waals surface area contributed by atoms with E-state index in [-0.39, 0.29) is 19.8 Å². The van der Waals surface area contributed by atoms with Crippen LogP contribution in [-0.4, -0.2) is 25.8 Å². The van der Waals surface area contributed by atoms with Crippen molar-refractivity contribution in [3.05, 3.63) is 22.2 Å². The number of hydrogen-bond donors (Lipinski definition) is 1. The van der Waals surface area contributed by atoms with E-state index in [2.05, 4.69) is 26.0 Å². The zero-order chi connectivity index (χ0) is 13.8. The van der Waals surface area contributed by atoms with Crippen LogP contribution in [0.15, 0.2) is 16.6 Å². The molecule has 0 unspecified atom stereocenters. The smallest absolute Gasteiger partial charge is 0.315 e. The first-order valence-corrected chi connectivity index (χ1v) is 6.31. The summed E-state index contributed by atoms with van der Waals surface area (Å²) in [7, 11) is 1.24. The number of amides is 1. The third-order valence-corrected chi connectivity index (χ3v) is 3.29. The summed E-state index contributed by atoms with van der Waals surface area (Å²) < 4.78 is 15.7. The molecule has 1 heterocycles. The Bertz CT molecular complexity index is 517. The number of esters is 1. The number of carbonyl (C=O) groups is 2. The Hall–Kier alpha value is -1.76. The number of nitrogens with one attached hydrogen (secondary N) is 1. The van der Waals surface area contributed by atoms with Gasteiger partial charge in [0.1, 0.15) is 6.42 Å². The average Bonchev–Trinajstić information content (AvgIpc) is 2.82. The highest BCUT2D eigenvalue weighted by atomic mass is 79.9. The van der Waals surface area contributed by atoms with Crippen molar-refractivity contribution >= 4 is 27.8 Å². The first-order valence-electron chi connectivity index (χ1n) is 5.51. The van der Waals surface area contributed by atoms with Gasteiger partial charge < -0.3 is 19.5 Å². The summed E-state index contributed by atoms with van der Waals surface area (Å²) in [4.78, 5) is 22.4. The van der Waals surface area contributed by atoms with E-state index in [4.69, 9.17) is 9.47 Å². The zero-order valence-corrected chi connectivity index (χ0v) is 11.8. The monoisotopic (exact) mass is 329 g/mol. The van der Waals surface area contributed by atoms with Crippen molar-refractivity contribution < 1.29 is 23.8 Å². The number of carbonyl (C=O) groups excluding carboxylic acids is 2. The molecule has 0 bridgehead atoms. The van der Waals surface area contributed by atoms with Gasteiger partial charge >= 0.3 is 5.97 Å². The molecule has 0 saturated carbocycles. The highest BCUT2D eigenvalue weighted by Gasteiger charge is 2.17. The van der Waals surface area contributed by atoms with Gasteiger partial charge in [-0.05, 0) is 17.7 Å². The quantitative estimate of drug-likeness (QED) is 0.666. The normalized spacial score (nSPS) is 12.1. The minimum Gasteiger partial charge on any atom is -0.469 e. The van der Waals surface area contributed by atoms with E-state index in [0.29, 0.717) is 11.5 Å². The molecular formula is C12H12BrNO5. The van der Waals surface area contributed by atoms with Gasteiger partial charge in [-0.3, -0.25) is 9.59 Å². The molecule has 0 aromatic heterocycles. The average molecular weight is 330 g/mol. The van der Waals surface area contributed by atoms with Gasteiger partial charge in [0, 0.05) is 11.0 Å². The summed E-state index contributed by atoms with van der Waals surface area (Å²) in [6, 6.07) is 3.56. The van der Waals surface area contributed by atoms with Gasteiger partial charge in [-0.15, -0.1) is 0 Å². The second kappa shape index (κ2) is 5.92. The van der Waals surface area contributed by atoms with Crippen molar-refractivity contribution in [2.75, 3.05) is 13.9 Å². The Kier molecular flexibility index (Phi) is 4.26. The largest absolute Gasteiger partial charge is 0.469 e. The number of hydrogen-bond acceptors (Lipinski definition) is 5. The molecule has 0 radical (unpaired) electrons. The zero-order valence-electron chi connectivity index (χ0n) is 10.2. The molecule has 7 heteroatoms. The Balaban J connectivity index is 1.96. The van der Waals surface area contributed by atoms with Crippen LogP contribution in [0.1, 0.15) is 12.0 Å². The Labute approximate surface area is 118 Å². The van der Waals surface area contributed by atoms with Gasteiger partial charge in [-0.25, -0.2) is 0 Å². The summed E-state index contributed by atoms with van der Waals surface area (Å²) in [5, 5.41) is 2.63. The molecular weight excluding hydrogens is 318 g/mol. The van der Waals surface area contributed by atoms with Crippen molar-refractivity contribution in [3.63, 3.8) is 0 Å². The molecule has 19 heavy (non-hydrogen) atoms. The summed E-state index contributed by atoms with van der Waals surface area (Å²) >= 11 is 3.39. The fourth-order valence-corrected chi connectivity index (χ4v) is 2.02. The number of ether oxygens (including phenoxy) is 3. The molecule has 1 N–H and O–H groups in total. The van der Waals surface area contributed by atoms with Gasteiger partial charge in [0.25, 0.3) is 0 Å². The second-order valence-electron chi connectivity index (χ2n) is 3.83. The summed E-state index contributed by atoms with van der Waals surface area (Å²) in [5.41, 5.74) is 0.836. The van der Waals surface area contributed by atoms with Crippen LogP contribution >= 0.6 is 15.9 Å². The SMILES string of the molecule is COC(=O)CC(=O)NCc1cc2c(cc1Br)OCO2.